The normalized spacial score (nSPS) is 12.5. The highest BCUT2D eigenvalue weighted by atomic mass is 28.4. The van der Waals surface area contributed by atoms with Gasteiger partial charge in [0.1, 0.15) is 11.6 Å². The van der Waals surface area contributed by atoms with Crippen LogP contribution in [-0.4, -0.2) is 31.7 Å². The van der Waals surface area contributed by atoms with Crippen LogP contribution in [0, 0.1) is 0 Å². The van der Waals surface area contributed by atoms with E-state index in [2.05, 4.69) is 49.4 Å². The minimum absolute atomic E-state index is 0.244. The molecular weight excluding hydrogens is 244 g/mol. The second-order valence-corrected chi connectivity index (χ2v) is 10.7. The SMILES string of the molecule is CC(C)(C)[Si](C)(C)OCCNc1ccc(N)nn1. The summed E-state index contributed by atoms with van der Waals surface area (Å²) in [6.45, 7) is 12.6. The van der Waals surface area contributed by atoms with Crippen LogP contribution in [0.4, 0.5) is 11.6 Å². The molecule has 0 aliphatic carbocycles. The Kier molecular flexibility index (Phi) is 4.69. The summed E-state index contributed by atoms with van der Waals surface area (Å²) in [6, 6.07) is 3.54. The fraction of sp³-hybridized carbons (Fsp3) is 0.667. The number of anilines is 2. The largest absolute Gasteiger partial charge is 0.415 e. The van der Waals surface area contributed by atoms with Gasteiger partial charge in [0.15, 0.2) is 8.32 Å². The van der Waals surface area contributed by atoms with E-state index in [-0.39, 0.29) is 5.04 Å². The first kappa shape index (κ1) is 14.9. The standard InChI is InChI=1S/C12H24N4OSi/c1-12(2,3)18(4,5)17-9-8-14-11-7-6-10(13)15-16-11/h6-7H,8-9H2,1-5H3,(H2,13,15)(H,14,16). The number of nitrogen functional groups attached to an aromatic ring is 1. The Morgan fingerprint density at radius 3 is 2.44 bits per heavy atom. The molecule has 0 amide bonds. The van der Waals surface area contributed by atoms with Gasteiger partial charge in [0.2, 0.25) is 0 Å². The lowest BCUT2D eigenvalue weighted by Gasteiger charge is -2.36. The predicted molar refractivity (Wildman–Crippen MR) is 78.1 cm³/mol. The summed E-state index contributed by atoms with van der Waals surface area (Å²) >= 11 is 0. The molecule has 0 bridgehead atoms. The van der Waals surface area contributed by atoms with Crippen molar-refractivity contribution >= 4 is 20.0 Å². The Labute approximate surface area is 110 Å². The third-order valence-electron chi connectivity index (χ3n) is 3.36. The Morgan fingerprint density at radius 2 is 1.94 bits per heavy atom. The molecule has 0 saturated heterocycles. The fourth-order valence-corrected chi connectivity index (χ4v) is 2.18. The lowest BCUT2D eigenvalue weighted by molar-refractivity contribution is 0.301. The second kappa shape index (κ2) is 5.66. The zero-order chi connectivity index (χ0) is 13.8. The van der Waals surface area contributed by atoms with Gasteiger partial charge in [-0.15, -0.1) is 10.2 Å². The minimum atomic E-state index is -1.65. The Morgan fingerprint density at radius 1 is 1.28 bits per heavy atom. The highest BCUT2D eigenvalue weighted by Gasteiger charge is 2.36. The first-order valence-corrected chi connectivity index (χ1v) is 9.10. The lowest BCUT2D eigenvalue weighted by atomic mass is 10.2. The summed E-state index contributed by atoms with van der Waals surface area (Å²) in [5.41, 5.74) is 5.47. The van der Waals surface area contributed by atoms with Gasteiger partial charge in [-0.1, -0.05) is 20.8 Å². The second-order valence-electron chi connectivity index (χ2n) is 5.88. The van der Waals surface area contributed by atoms with E-state index in [1.54, 1.807) is 6.07 Å². The molecular formula is C12H24N4OSi. The van der Waals surface area contributed by atoms with Crippen LogP contribution in [0.3, 0.4) is 0 Å². The number of aromatic nitrogens is 2. The zero-order valence-corrected chi connectivity index (χ0v) is 12.9. The number of hydrogen-bond acceptors (Lipinski definition) is 5. The molecule has 0 spiro atoms. The average Bonchev–Trinajstić information content (AvgIpc) is 2.25. The number of nitrogens with two attached hydrogens (primary N) is 1. The molecule has 0 atom stereocenters. The molecule has 6 heteroatoms. The summed E-state index contributed by atoms with van der Waals surface area (Å²) < 4.78 is 6.04. The van der Waals surface area contributed by atoms with Crippen LogP contribution in [0.2, 0.25) is 18.1 Å². The maximum Gasteiger partial charge on any atom is 0.192 e. The van der Waals surface area contributed by atoms with Crippen LogP contribution < -0.4 is 11.1 Å². The molecule has 5 nitrogen and oxygen atoms in total. The van der Waals surface area contributed by atoms with Crippen molar-refractivity contribution in [2.75, 3.05) is 24.2 Å². The smallest absolute Gasteiger partial charge is 0.192 e. The molecule has 0 aliphatic heterocycles. The van der Waals surface area contributed by atoms with Crippen LogP contribution in [-0.2, 0) is 4.43 Å². The number of nitrogens with one attached hydrogen (secondary N) is 1. The van der Waals surface area contributed by atoms with Crippen molar-refractivity contribution in [1.82, 2.24) is 10.2 Å². The summed E-state index contributed by atoms with van der Waals surface area (Å²) in [4.78, 5) is 0. The van der Waals surface area contributed by atoms with Gasteiger partial charge in [0.25, 0.3) is 0 Å². The maximum absolute atomic E-state index is 6.04. The van der Waals surface area contributed by atoms with Gasteiger partial charge in [-0.2, -0.15) is 0 Å². The molecule has 0 unspecified atom stereocenters. The van der Waals surface area contributed by atoms with Crippen molar-refractivity contribution < 1.29 is 4.43 Å². The first-order chi connectivity index (χ1) is 8.22. The van der Waals surface area contributed by atoms with Gasteiger partial charge < -0.3 is 15.5 Å². The molecule has 0 aromatic carbocycles. The van der Waals surface area contributed by atoms with Crippen molar-refractivity contribution in [3.8, 4) is 0 Å². The van der Waals surface area contributed by atoms with E-state index in [0.717, 1.165) is 12.4 Å². The molecule has 0 radical (unpaired) electrons. The van der Waals surface area contributed by atoms with Gasteiger partial charge >= 0.3 is 0 Å². The summed E-state index contributed by atoms with van der Waals surface area (Å²) in [5.74, 6) is 1.15. The minimum Gasteiger partial charge on any atom is -0.415 e. The number of rotatable bonds is 5. The molecule has 0 fully saturated rings. The molecule has 1 heterocycles. The lowest BCUT2D eigenvalue weighted by Crippen LogP contribution is -2.41. The first-order valence-electron chi connectivity index (χ1n) is 6.19. The topological polar surface area (TPSA) is 73.1 Å². The van der Waals surface area contributed by atoms with E-state index in [1.807, 2.05) is 6.07 Å². The van der Waals surface area contributed by atoms with Crippen LogP contribution in [0.5, 0.6) is 0 Å². The van der Waals surface area contributed by atoms with Crippen molar-refractivity contribution in [2.45, 2.75) is 38.9 Å². The van der Waals surface area contributed by atoms with Crippen molar-refractivity contribution in [3.05, 3.63) is 12.1 Å². The summed E-state index contributed by atoms with van der Waals surface area (Å²) in [5, 5.41) is 11.1. The third kappa shape index (κ3) is 4.27. The maximum atomic E-state index is 6.04. The van der Waals surface area contributed by atoms with Crippen LogP contribution >= 0.6 is 0 Å². The van der Waals surface area contributed by atoms with E-state index >= 15 is 0 Å². The van der Waals surface area contributed by atoms with Crippen molar-refractivity contribution in [1.29, 1.82) is 0 Å². The Balaban J connectivity index is 2.33. The van der Waals surface area contributed by atoms with Gasteiger partial charge in [0.05, 0.1) is 6.61 Å². The van der Waals surface area contributed by atoms with Crippen LogP contribution in [0.25, 0.3) is 0 Å². The molecule has 1 aromatic heterocycles. The van der Waals surface area contributed by atoms with E-state index in [0.29, 0.717) is 12.4 Å². The van der Waals surface area contributed by atoms with Gasteiger partial charge in [0, 0.05) is 6.54 Å². The molecule has 18 heavy (non-hydrogen) atoms. The summed E-state index contributed by atoms with van der Waals surface area (Å²) in [6.07, 6.45) is 0. The molecule has 0 aliphatic rings. The molecule has 1 aromatic rings. The molecule has 1 rings (SSSR count). The van der Waals surface area contributed by atoms with Crippen LogP contribution in [0.1, 0.15) is 20.8 Å². The quantitative estimate of drug-likeness (QED) is 0.634. The van der Waals surface area contributed by atoms with Gasteiger partial charge in [-0.25, -0.2) is 0 Å². The zero-order valence-electron chi connectivity index (χ0n) is 11.9. The number of nitrogens with zero attached hydrogens (tertiary/aromatic N) is 2. The Hall–Kier alpha value is -1.14. The van der Waals surface area contributed by atoms with Gasteiger partial charge in [-0.3, -0.25) is 0 Å². The third-order valence-corrected chi connectivity index (χ3v) is 7.90. The van der Waals surface area contributed by atoms with Crippen LogP contribution in [0.15, 0.2) is 12.1 Å². The molecule has 0 saturated carbocycles. The van der Waals surface area contributed by atoms with E-state index in [9.17, 15) is 0 Å². The highest BCUT2D eigenvalue weighted by Crippen LogP contribution is 2.36. The predicted octanol–water partition coefficient (Wildman–Crippen LogP) is 2.49. The van der Waals surface area contributed by atoms with E-state index < -0.39 is 8.32 Å². The molecule has 102 valence electrons. The monoisotopic (exact) mass is 268 g/mol. The average molecular weight is 268 g/mol. The van der Waals surface area contributed by atoms with Crippen molar-refractivity contribution in [2.24, 2.45) is 0 Å². The highest BCUT2D eigenvalue weighted by molar-refractivity contribution is 6.74. The Bertz CT molecular complexity index is 373. The van der Waals surface area contributed by atoms with E-state index in [1.165, 1.54) is 0 Å². The van der Waals surface area contributed by atoms with Crippen molar-refractivity contribution in [3.63, 3.8) is 0 Å². The fourth-order valence-electron chi connectivity index (χ4n) is 1.14. The van der Waals surface area contributed by atoms with E-state index in [4.69, 9.17) is 10.2 Å². The summed E-state index contributed by atoms with van der Waals surface area (Å²) in [7, 11) is -1.65. The van der Waals surface area contributed by atoms with Gasteiger partial charge in [-0.05, 0) is 30.3 Å². The molecule has 3 N–H and O–H groups in total. The number of hydrogen-bond donors (Lipinski definition) is 2.